The number of rotatable bonds is 25. The highest BCUT2D eigenvalue weighted by Crippen LogP contribution is 2.50. The Morgan fingerprint density at radius 1 is 0.655 bits per heavy atom. The lowest BCUT2D eigenvalue weighted by atomic mass is 9.79. The number of carboxylic acid groups (broad SMARTS) is 1. The van der Waals surface area contributed by atoms with Crippen LogP contribution in [0.3, 0.4) is 0 Å². The van der Waals surface area contributed by atoms with E-state index < -0.39 is 29.8 Å². The number of piperidine rings is 2. The van der Waals surface area contributed by atoms with Gasteiger partial charge >= 0.3 is 24.1 Å². The normalized spacial score (nSPS) is 22.3. The lowest BCUT2D eigenvalue weighted by molar-refractivity contribution is -0.141. The Morgan fingerprint density at radius 2 is 1.17 bits per heavy atom. The smallest absolute Gasteiger partial charge is 0.410 e. The van der Waals surface area contributed by atoms with E-state index in [2.05, 4.69) is 36.8 Å². The van der Waals surface area contributed by atoms with Crippen molar-refractivity contribution in [1.29, 1.82) is 0 Å². The number of anilines is 2. The van der Waals surface area contributed by atoms with Gasteiger partial charge in [-0.3, -0.25) is 9.59 Å². The summed E-state index contributed by atoms with van der Waals surface area (Å²) in [6.07, 6.45) is 9.36. The summed E-state index contributed by atoms with van der Waals surface area (Å²) in [5.74, 6) is -1.94. The first-order valence-electron chi connectivity index (χ1n) is 30.6. The van der Waals surface area contributed by atoms with Crippen molar-refractivity contribution < 1.29 is 47.3 Å². The molecule has 84 heavy (non-hydrogen) atoms. The standard InChI is InChI=1S/C68H90F2N6O8/c1-7-24-75(67(80)82-42-46-12-16-56(71)17-13-46)58-20-26-73(27-21-58)40-52-30-48(32-63(52)49-10-9-11-54(69)34-49)31-62(45(5)6)66(79)84-60-36-51(35-55(70)38-60)64-37-50(61(44(3)4)39-65(77)78)33-53(64)41-74-28-22-59(23-29-74)76(25-8-2)68(81)83-43-47-14-18-57(72)19-15-47/h7-19,34-36,38,44-45,48,50,52-53,58-59,61-64H,1-2,20-33,37,39-43,71-72H2,3-6H3,(H,77,78)/t48?,50?,52-,53-,61?,62?,63-,64-/m1/s1. The van der Waals surface area contributed by atoms with Crippen LogP contribution in [0.1, 0.15) is 126 Å². The highest BCUT2D eigenvalue weighted by atomic mass is 19.1. The average molecular weight is 1160 g/mol. The molecule has 4 aliphatic rings. The van der Waals surface area contributed by atoms with Crippen molar-refractivity contribution >= 4 is 35.5 Å². The number of hydrogen-bond donors (Lipinski definition) is 3. The zero-order valence-corrected chi connectivity index (χ0v) is 49.8. The zero-order valence-electron chi connectivity index (χ0n) is 49.8. The number of likely N-dealkylation sites (tertiary alicyclic amines) is 2. The number of carbonyl (C=O) groups is 4. The first-order valence-corrected chi connectivity index (χ1v) is 30.6. The number of nitrogen functional groups attached to an aromatic ring is 2. The Hall–Kier alpha value is -6.78. The predicted molar refractivity (Wildman–Crippen MR) is 325 cm³/mol. The van der Waals surface area contributed by atoms with E-state index in [0.717, 1.165) is 99.9 Å². The largest absolute Gasteiger partial charge is 0.481 e. The molecule has 14 nitrogen and oxygen atoms in total. The number of nitrogens with zero attached hydrogens (tertiary/aromatic N) is 4. The van der Waals surface area contributed by atoms with E-state index in [1.807, 2.05) is 50.2 Å². The molecule has 4 aromatic carbocycles. The molecule has 4 fully saturated rings. The molecule has 4 aromatic rings. The third-order valence-corrected chi connectivity index (χ3v) is 18.7. The highest BCUT2D eigenvalue weighted by molar-refractivity contribution is 5.75. The van der Waals surface area contributed by atoms with Crippen molar-refractivity contribution in [2.24, 2.45) is 47.3 Å². The Kier molecular flexibility index (Phi) is 22.5. The Balaban J connectivity index is 0.917. The van der Waals surface area contributed by atoms with Crippen LogP contribution in [0.15, 0.2) is 116 Å². The molecule has 8 atom stereocenters. The first-order chi connectivity index (χ1) is 40.3. The van der Waals surface area contributed by atoms with Gasteiger partial charge in [-0.05, 0) is 182 Å². The van der Waals surface area contributed by atoms with Gasteiger partial charge in [-0.15, -0.1) is 13.2 Å². The summed E-state index contributed by atoms with van der Waals surface area (Å²) in [6, 6.07) is 26.0. The maximum Gasteiger partial charge on any atom is 0.410 e. The SMILES string of the molecule is C=CCN(C(=O)OCc1ccc(N)cc1)C1CCN(C[C@H]2CC(CC(C(=O)Oc3cc(F)cc([C@H]4CC(C(CC(=O)O)C(C)C)C[C@@H]4CN4CCC(N(CC=C)C(=O)OCc5ccc(N)cc5)CC4)c3)C(C)C)C[C@@H]2c2cccc(F)c2)CC1. The van der Waals surface area contributed by atoms with Gasteiger partial charge in [0.2, 0.25) is 0 Å². The van der Waals surface area contributed by atoms with Crippen LogP contribution in [0.25, 0.3) is 0 Å². The van der Waals surface area contributed by atoms with Gasteiger partial charge in [0.05, 0.1) is 5.92 Å². The molecule has 2 aliphatic heterocycles. The third kappa shape index (κ3) is 17.2. The quantitative estimate of drug-likeness (QED) is 0.0248. The summed E-state index contributed by atoms with van der Waals surface area (Å²) in [5, 5.41) is 10.0. The van der Waals surface area contributed by atoms with E-state index in [4.69, 9.17) is 25.7 Å². The van der Waals surface area contributed by atoms with Crippen LogP contribution in [0.2, 0.25) is 0 Å². The Bertz CT molecular complexity index is 2840. The van der Waals surface area contributed by atoms with Gasteiger partial charge in [-0.1, -0.05) is 76.2 Å². The van der Waals surface area contributed by atoms with Gasteiger partial charge in [0.25, 0.3) is 0 Å². The molecule has 16 heteroatoms. The van der Waals surface area contributed by atoms with Crippen molar-refractivity contribution in [3.05, 3.63) is 150 Å². The average Bonchev–Trinajstić information content (AvgIpc) is 4.06. The number of halogens is 2. The van der Waals surface area contributed by atoms with Crippen LogP contribution in [-0.4, -0.2) is 113 Å². The second-order valence-electron chi connectivity index (χ2n) is 25.1. The van der Waals surface area contributed by atoms with E-state index in [9.17, 15) is 28.7 Å². The molecule has 2 aliphatic carbocycles. The summed E-state index contributed by atoms with van der Waals surface area (Å²) in [7, 11) is 0. The van der Waals surface area contributed by atoms with Crippen molar-refractivity contribution in [1.82, 2.24) is 19.6 Å². The van der Waals surface area contributed by atoms with Crippen molar-refractivity contribution in [2.75, 3.05) is 63.8 Å². The van der Waals surface area contributed by atoms with E-state index in [0.29, 0.717) is 43.9 Å². The molecule has 2 saturated carbocycles. The second kappa shape index (κ2) is 29.8. The van der Waals surface area contributed by atoms with Crippen LogP contribution >= 0.6 is 0 Å². The van der Waals surface area contributed by atoms with Crippen LogP contribution in [0, 0.1) is 59.0 Å². The van der Waals surface area contributed by atoms with Gasteiger partial charge in [-0.25, -0.2) is 18.4 Å². The lowest BCUT2D eigenvalue weighted by Gasteiger charge is -2.39. The summed E-state index contributed by atoms with van der Waals surface area (Å²) < 4.78 is 48.7. The molecular formula is C68H90F2N6O8. The number of benzene rings is 4. The molecule has 0 aromatic heterocycles. The zero-order chi connectivity index (χ0) is 60.0. The van der Waals surface area contributed by atoms with E-state index >= 15 is 4.39 Å². The third-order valence-electron chi connectivity index (χ3n) is 18.7. The van der Waals surface area contributed by atoms with Gasteiger partial charge in [-0.2, -0.15) is 0 Å². The summed E-state index contributed by atoms with van der Waals surface area (Å²) >= 11 is 0. The van der Waals surface area contributed by atoms with E-state index in [1.165, 1.54) is 12.1 Å². The highest BCUT2D eigenvalue weighted by Gasteiger charge is 2.43. The topological polar surface area (TPSA) is 181 Å². The predicted octanol–water partition coefficient (Wildman–Crippen LogP) is 12.9. The minimum absolute atomic E-state index is 0.0133. The number of esters is 1. The van der Waals surface area contributed by atoms with Gasteiger partial charge in [0.1, 0.15) is 30.6 Å². The molecule has 2 saturated heterocycles. The number of nitrogens with two attached hydrogens (primary N) is 2. The van der Waals surface area contributed by atoms with Gasteiger partial charge < -0.3 is 50.4 Å². The molecule has 2 amide bonds. The fourth-order valence-corrected chi connectivity index (χ4v) is 14.3. The van der Waals surface area contributed by atoms with Crippen LogP contribution in [0.5, 0.6) is 5.75 Å². The number of carboxylic acids is 1. The molecule has 454 valence electrons. The minimum Gasteiger partial charge on any atom is -0.481 e. The molecule has 0 radical (unpaired) electrons. The lowest BCUT2D eigenvalue weighted by Crippen LogP contribution is -2.48. The summed E-state index contributed by atoms with van der Waals surface area (Å²) in [6.45, 7) is 21.5. The van der Waals surface area contributed by atoms with E-state index in [1.54, 1.807) is 64.4 Å². The minimum atomic E-state index is -0.833. The molecule has 0 bridgehead atoms. The van der Waals surface area contributed by atoms with Crippen LogP contribution in [-0.2, 0) is 32.3 Å². The number of carbonyl (C=O) groups excluding carboxylic acids is 3. The molecule has 2 heterocycles. The van der Waals surface area contributed by atoms with Crippen LogP contribution in [0.4, 0.5) is 29.7 Å². The van der Waals surface area contributed by atoms with Crippen molar-refractivity contribution in [2.45, 2.75) is 129 Å². The number of ether oxygens (including phenoxy) is 3. The Labute approximate surface area is 496 Å². The summed E-state index contributed by atoms with van der Waals surface area (Å²) in [5.41, 5.74) is 16.4. The number of hydrogen-bond acceptors (Lipinski definition) is 11. The number of aliphatic carboxylic acids is 1. The molecule has 4 unspecified atom stereocenters. The van der Waals surface area contributed by atoms with E-state index in [-0.39, 0.29) is 103 Å². The molecule has 0 spiro atoms. The maximum atomic E-state index is 16.1. The molecule has 8 rings (SSSR count). The van der Waals surface area contributed by atoms with Crippen LogP contribution < -0.4 is 16.2 Å². The molecule has 5 N–H and O–H groups in total. The fourth-order valence-electron chi connectivity index (χ4n) is 14.3. The Morgan fingerprint density at radius 3 is 1.65 bits per heavy atom. The first kappa shape index (κ1) is 63.2. The van der Waals surface area contributed by atoms with Gasteiger partial charge in [0, 0.05) is 88.3 Å². The monoisotopic (exact) mass is 1160 g/mol. The second-order valence-corrected chi connectivity index (χ2v) is 25.1. The maximum absolute atomic E-state index is 16.1. The van der Waals surface area contributed by atoms with Crippen molar-refractivity contribution in [3.63, 3.8) is 0 Å². The number of amides is 2. The summed E-state index contributed by atoms with van der Waals surface area (Å²) in [4.78, 5) is 62.1. The fraction of sp³-hybridized carbons (Fsp3) is 0.529. The van der Waals surface area contributed by atoms with Gasteiger partial charge in [0.15, 0.2) is 0 Å². The van der Waals surface area contributed by atoms with Crippen molar-refractivity contribution in [3.8, 4) is 5.75 Å². The molecular weight excluding hydrogens is 1070 g/mol.